The van der Waals surface area contributed by atoms with Crippen LogP contribution in [0.15, 0.2) is 53.9 Å². The van der Waals surface area contributed by atoms with Gasteiger partial charge in [-0.2, -0.15) is 0 Å². The third-order valence-electron chi connectivity index (χ3n) is 2.94. The Morgan fingerprint density at radius 3 is 2.95 bits per heavy atom. The summed E-state index contributed by atoms with van der Waals surface area (Å²) in [4.78, 5) is 16.0. The molecule has 0 unspecified atom stereocenters. The monoisotopic (exact) mass is 304 g/mol. The normalized spacial score (nSPS) is 17.5. The van der Waals surface area contributed by atoms with E-state index >= 15 is 0 Å². The summed E-state index contributed by atoms with van der Waals surface area (Å²) in [6.07, 6.45) is 6.22. The van der Waals surface area contributed by atoms with Gasteiger partial charge < -0.3 is 15.0 Å². The van der Waals surface area contributed by atoms with E-state index in [1.54, 1.807) is 19.1 Å². The lowest BCUT2D eigenvalue weighted by molar-refractivity contribution is 0.0966. The number of carbonyl (C=O) groups excluding carboxylic acids is 1. The molecule has 0 aliphatic carbocycles. The Kier molecular flexibility index (Phi) is 4.96. The number of hydrogen-bond donors (Lipinski definition) is 2. The van der Waals surface area contributed by atoms with Gasteiger partial charge in [0.2, 0.25) is 0 Å². The number of amides is 1. The summed E-state index contributed by atoms with van der Waals surface area (Å²) in [5, 5.41) is 12.8. The molecule has 1 aliphatic heterocycles. The molecule has 0 atom stereocenters. The molecule has 0 aromatic carbocycles. The van der Waals surface area contributed by atoms with E-state index in [1.807, 2.05) is 0 Å². The van der Waals surface area contributed by atoms with E-state index in [0.717, 1.165) is 0 Å². The van der Waals surface area contributed by atoms with Crippen molar-refractivity contribution in [2.75, 3.05) is 6.61 Å². The summed E-state index contributed by atoms with van der Waals surface area (Å²) < 4.78 is 5.05. The van der Waals surface area contributed by atoms with Gasteiger partial charge >= 0.3 is 7.12 Å². The molecule has 2 N–H and O–H groups in total. The highest BCUT2D eigenvalue weighted by Gasteiger charge is 2.29. The van der Waals surface area contributed by atoms with Crippen LogP contribution in [0.1, 0.15) is 17.3 Å². The van der Waals surface area contributed by atoms with Crippen LogP contribution in [-0.2, 0) is 4.65 Å². The molecule has 2 rings (SSSR count). The van der Waals surface area contributed by atoms with Crippen molar-refractivity contribution in [3.8, 4) is 0 Å². The number of nitrogens with one attached hydrogen (secondary N) is 1. The molecule has 0 spiro atoms. The van der Waals surface area contributed by atoms with Crippen LogP contribution >= 0.6 is 11.6 Å². The fourth-order valence-electron chi connectivity index (χ4n) is 1.80. The third kappa shape index (κ3) is 3.82. The lowest BCUT2D eigenvalue weighted by Crippen LogP contribution is -2.23. The summed E-state index contributed by atoms with van der Waals surface area (Å²) in [5.41, 5.74) is 2.11. The molecule has 1 fully saturated rings. The fourth-order valence-corrected chi connectivity index (χ4v) is 1.97. The van der Waals surface area contributed by atoms with Crippen LogP contribution in [0.5, 0.6) is 0 Å². The first-order chi connectivity index (χ1) is 10.0. The summed E-state index contributed by atoms with van der Waals surface area (Å²) in [5.74, 6) is -0.339. The minimum Gasteiger partial charge on any atom is -0.423 e. The Balaban J connectivity index is 2.15. The zero-order valence-corrected chi connectivity index (χ0v) is 12.2. The Morgan fingerprint density at radius 2 is 2.38 bits per heavy atom. The highest BCUT2D eigenvalue weighted by atomic mass is 35.5. The van der Waals surface area contributed by atoms with Crippen LogP contribution in [0.2, 0.25) is 5.02 Å². The molecule has 21 heavy (non-hydrogen) atoms. The number of carbonyl (C=O) groups is 1. The van der Waals surface area contributed by atoms with Crippen molar-refractivity contribution in [3.63, 3.8) is 0 Å². The van der Waals surface area contributed by atoms with Gasteiger partial charge in [0.15, 0.2) is 0 Å². The molecule has 1 aliphatic rings. The average Bonchev–Trinajstić information content (AvgIpc) is 2.78. The van der Waals surface area contributed by atoms with E-state index < -0.39 is 7.12 Å². The minimum absolute atomic E-state index is 0.274. The van der Waals surface area contributed by atoms with E-state index in [-0.39, 0.29) is 12.5 Å². The Bertz CT molecular complexity index is 643. The molecule has 2 heterocycles. The average molecular weight is 305 g/mol. The highest BCUT2D eigenvalue weighted by molar-refractivity contribution is 6.55. The second-order valence-corrected chi connectivity index (χ2v) is 4.89. The summed E-state index contributed by atoms with van der Waals surface area (Å²) in [7, 11) is -1.02. The number of allylic oxidation sites excluding steroid dienone is 2. The number of aromatic nitrogens is 1. The molecular formula is C14H14BClN2O3. The third-order valence-corrected chi connectivity index (χ3v) is 3.14. The molecule has 7 heteroatoms. The van der Waals surface area contributed by atoms with Crippen LogP contribution in [-0.4, -0.2) is 29.6 Å². The fraction of sp³-hybridized carbons (Fsp3) is 0.143. The first-order valence-corrected chi connectivity index (χ1v) is 6.66. The van der Waals surface area contributed by atoms with E-state index in [0.29, 0.717) is 27.3 Å². The number of pyridine rings is 1. The number of rotatable bonds is 3. The van der Waals surface area contributed by atoms with Crippen LogP contribution in [0.4, 0.5) is 0 Å². The summed E-state index contributed by atoms with van der Waals surface area (Å²) in [6.45, 7) is 5.85. The van der Waals surface area contributed by atoms with Crippen molar-refractivity contribution in [2.24, 2.45) is 0 Å². The van der Waals surface area contributed by atoms with Crippen molar-refractivity contribution in [1.82, 2.24) is 10.3 Å². The quantitative estimate of drug-likeness (QED) is 0.837. The first kappa shape index (κ1) is 15.5. The minimum atomic E-state index is -1.02. The zero-order valence-electron chi connectivity index (χ0n) is 11.5. The molecule has 1 amide bonds. The van der Waals surface area contributed by atoms with Crippen molar-refractivity contribution >= 4 is 24.6 Å². The molecule has 1 aromatic rings. The van der Waals surface area contributed by atoms with Gasteiger partial charge in [-0.15, -0.1) is 0 Å². The van der Waals surface area contributed by atoms with Gasteiger partial charge in [-0.3, -0.25) is 9.78 Å². The maximum atomic E-state index is 12.1. The van der Waals surface area contributed by atoms with Gasteiger partial charge in [0.25, 0.3) is 5.91 Å². The predicted molar refractivity (Wildman–Crippen MR) is 81.6 cm³/mol. The van der Waals surface area contributed by atoms with Gasteiger partial charge in [0.1, 0.15) is 0 Å². The molecule has 0 radical (unpaired) electrons. The first-order valence-electron chi connectivity index (χ1n) is 6.29. The molecule has 0 bridgehead atoms. The lowest BCUT2D eigenvalue weighted by atomic mass is 9.77. The second kappa shape index (κ2) is 6.71. The van der Waals surface area contributed by atoms with E-state index in [4.69, 9.17) is 16.3 Å². The number of nitrogens with zero attached hydrogens (tertiary/aromatic N) is 1. The van der Waals surface area contributed by atoms with Crippen molar-refractivity contribution < 1.29 is 14.5 Å². The Hall–Kier alpha value is -1.89. The standard InChI is InChI=1S/C14H14BClN2O3/c1-3-12(5-13-9(2)8-21-15(13)20)18-14(19)10-4-11(16)7-17-6-10/h3-7,20H,2,8H2,1H3,(H,18,19)/b12-3+,13-5+. The van der Waals surface area contributed by atoms with Gasteiger partial charge in [-0.25, -0.2) is 0 Å². The molecule has 1 saturated heterocycles. The zero-order chi connectivity index (χ0) is 15.4. The molecule has 5 nitrogen and oxygen atoms in total. The topological polar surface area (TPSA) is 71.5 Å². The lowest BCUT2D eigenvalue weighted by Gasteiger charge is -2.07. The van der Waals surface area contributed by atoms with Gasteiger partial charge in [-0.1, -0.05) is 24.3 Å². The smallest absolute Gasteiger partial charge is 0.423 e. The van der Waals surface area contributed by atoms with Gasteiger partial charge in [0, 0.05) is 18.1 Å². The van der Waals surface area contributed by atoms with Crippen molar-refractivity contribution in [2.45, 2.75) is 6.92 Å². The van der Waals surface area contributed by atoms with E-state index in [9.17, 15) is 9.82 Å². The number of halogens is 1. The Morgan fingerprint density at radius 1 is 1.62 bits per heavy atom. The SMILES string of the molecule is C=C1COB(O)/C1=C/C(=C\C)NC(=O)c1cncc(Cl)c1. The summed E-state index contributed by atoms with van der Waals surface area (Å²) in [6, 6.07) is 1.52. The summed E-state index contributed by atoms with van der Waals surface area (Å²) >= 11 is 5.80. The molecule has 108 valence electrons. The van der Waals surface area contributed by atoms with E-state index in [1.165, 1.54) is 18.5 Å². The maximum Gasteiger partial charge on any atom is 0.491 e. The molecule has 1 aromatic heterocycles. The number of hydrogen-bond acceptors (Lipinski definition) is 4. The van der Waals surface area contributed by atoms with Crippen LogP contribution in [0.25, 0.3) is 0 Å². The van der Waals surface area contributed by atoms with Crippen molar-refractivity contribution in [3.05, 3.63) is 64.5 Å². The van der Waals surface area contributed by atoms with Gasteiger partial charge in [0.05, 0.1) is 17.2 Å². The van der Waals surface area contributed by atoms with Crippen molar-refractivity contribution in [1.29, 1.82) is 0 Å². The Labute approximate surface area is 128 Å². The second-order valence-electron chi connectivity index (χ2n) is 4.46. The van der Waals surface area contributed by atoms with Crippen LogP contribution < -0.4 is 5.32 Å². The maximum absolute atomic E-state index is 12.1. The predicted octanol–water partition coefficient (Wildman–Crippen LogP) is 1.90. The molecular weight excluding hydrogens is 290 g/mol. The largest absolute Gasteiger partial charge is 0.491 e. The van der Waals surface area contributed by atoms with Gasteiger partial charge in [-0.05, 0) is 30.1 Å². The molecule has 0 saturated carbocycles. The van der Waals surface area contributed by atoms with Crippen LogP contribution in [0, 0.1) is 0 Å². The van der Waals surface area contributed by atoms with Crippen LogP contribution in [0.3, 0.4) is 0 Å². The highest BCUT2D eigenvalue weighted by Crippen LogP contribution is 2.21. The van der Waals surface area contributed by atoms with E-state index in [2.05, 4.69) is 16.9 Å².